The van der Waals surface area contributed by atoms with Gasteiger partial charge in [0.25, 0.3) is 0 Å². The zero-order valence-corrected chi connectivity index (χ0v) is 19.1. The maximum Gasteiger partial charge on any atom is 0.331 e. The van der Waals surface area contributed by atoms with Crippen molar-refractivity contribution >= 4 is 17.7 Å². The van der Waals surface area contributed by atoms with Gasteiger partial charge >= 0.3 is 5.97 Å². The molecule has 0 bridgehead atoms. The van der Waals surface area contributed by atoms with Crippen molar-refractivity contribution in [1.29, 1.82) is 0 Å². The lowest BCUT2D eigenvalue weighted by molar-refractivity contribution is -0.896. The van der Waals surface area contributed by atoms with Gasteiger partial charge in [-0.25, -0.2) is 4.79 Å². The molecular weight excluding hydrogens is 459 g/mol. The number of piperidine rings is 1. The summed E-state index contributed by atoms with van der Waals surface area (Å²) >= 11 is 1.96. The van der Waals surface area contributed by atoms with Gasteiger partial charge in [0, 0.05) is 37.4 Å². The number of hydrogen-bond donors (Lipinski definition) is 0. The summed E-state index contributed by atoms with van der Waals surface area (Å²) in [6, 6.07) is 10.1. The van der Waals surface area contributed by atoms with Crippen LogP contribution in [0.15, 0.2) is 30.3 Å². The molecular formula is C20H31IN2O2S. The Morgan fingerprint density at radius 3 is 2.31 bits per heavy atom. The number of benzene rings is 1. The van der Waals surface area contributed by atoms with Gasteiger partial charge in [0.05, 0.1) is 27.2 Å². The minimum atomic E-state index is -0.690. The molecule has 1 aromatic carbocycles. The quantitative estimate of drug-likeness (QED) is 0.331. The first-order chi connectivity index (χ1) is 11.9. The Morgan fingerprint density at radius 2 is 1.73 bits per heavy atom. The molecule has 3 rings (SSSR count). The fourth-order valence-electron chi connectivity index (χ4n) is 3.83. The van der Waals surface area contributed by atoms with Gasteiger partial charge < -0.3 is 33.2 Å². The lowest BCUT2D eigenvalue weighted by atomic mass is 9.89. The van der Waals surface area contributed by atoms with E-state index in [1.165, 1.54) is 0 Å². The fraction of sp³-hybridized carbons (Fsp3) is 0.650. The first kappa shape index (κ1) is 22.0. The average Bonchev–Trinajstić information content (AvgIpc) is 2.64. The van der Waals surface area contributed by atoms with E-state index in [-0.39, 0.29) is 36.0 Å². The molecule has 0 amide bonds. The van der Waals surface area contributed by atoms with Crippen LogP contribution in [0.4, 0.5) is 0 Å². The van der Waals surface area contributed by atoms with Crippen LogP contribution >= 0.6 is 11.8 Å². The van der Waals surface area contributed by atoms with E-state index in [4.69, 9.17) is 4.74 Å². The number of carbonyl (C=O) groups excluding carboxylic acids is 1. The van der Waals surface area contributed by atoms with Crippen LogP contribution in [0.5, 0.6) is 0 Å². The molecule has 2 fully saturated rings. The van der Waals surface area contributed by atoms with E-state index >= 15 is 0 Å². The number of esters is 1. The standard InChI is InChI=1S/C20H31N2O2S.HI/c1-20(17-7-5-4-6-8-17,21-11-15-25-16-12-21)19(23)24-18-9-13-22(2,3)14-10-18;/h4-8,18H,9-16H2,1-3H3;1H/q+1;/p-1. The summed E-state index contributed by atoms with van der Waals surface area (Å²) in [5.41, 5.74) is 0.350. The van der Waals surface area contributed by atoms with Crippen LogP contribution in [0.1, 0.15) is 25.3 Å². The molecule has 26 heavy (non-hydrogen) atoms. The summed E-state index contributed by atoms with van der Waals surface area (Å²) in [6.07, 6.45) is 1.97. The Bertz CT molecular complexity index is 583. The van der Waals surface area contributed by atoms with Gasteiger partial charge in [0.15, 0.2) is 0 Å². The molecule has 0 aromatic heterocycles. The lowest BCUT2D eigenvalue weighted by Crippen LogP contribution is -3.00. The highest BCUT2D eigenvalue weighted by molar-refractivity contribution is 7.99. The van der Waals surface area contributed by atoms with Crippen molar-refractivity contribution in [2.75, 3.05) is 51.8 Å². The van der Waals surface area contributed by atoms with E-state index in [1.54, 1.807) is 0 Å². The maximum absolute atomic E-state index is 13.3. The SMILES string of the molecule is CC(C(=O)OC1CC[N+](C)(C)CC1)(c1ccccc1)N1CCSCC1.[I-]. The number of hydrogen-bond acceptors (Lipinski definition) is 4. The Balaban J connectivity index is 0.00000243. The van der Waals surface area contributed by atoms with E-state index in [1.807, 2.05) is 36.9 Å². The third kappa shape index (κ3) is 4.94. The van der Waals surface area contributed by atoms with E-state index < -0.39 is 5.54 Å². The Kier molecular flexibility index (Phi) is 7.83. The molecule has 6 heteroatoms. The highest BCUT2D eigenvalue weighted by Gasteiger charge is 2.44. The van der Waals surface area contributed by atoms with Crippen LogP contribution in [-0.2, 0) is 15.1 Å². The Hall–Kier alpha value is -0.310. The normalized spacial score (nSPS) is 23.5. The molecule has 146 valence electrons. The summed E-state index contributed by atoms with van der Waals surface area (Å²) in [7, 11) is 4.50. The number of carbonyl (C=O) groups is 1. The Labute approximate surface area is 179 Å². The minimum Gasteiger partial charge on any atom is -1.00 e. The first-order valence-corrected chi connectivity index (χ1v) is 10.5. The summed E-state index contributed by atoms with van der Waals surface area (Å²) < 4.78 is 7.08. The Morgan fingerprint density at radius 1 is 1.15 bits per heavy atom. The van der Waals surface area contributed by atoms with Gasteiger partial charge in [0.2, 0.25) is 0 Å². The van der Waals surface area contributed by atoms with Gasteiger partial charge in [0.1, 0.15) is 11.6 Å². The largest absolute Gasteiger partial charge is 1.00 e. The molecule has 0 N–H and O–H groups in total. The van der Waals surface area contributed by atoms with Crippen molar-refractivity contribution in [1.82, 2.24) is 4.90 Å². The van der Waals surface area contributed by atoms with Crippen LogP contribution < -0.4 is 24.0 Å². The molecule has 2 aliphatic heterocycles. The number of likely N-dealkylation sites (tertiary alicyclic amines) is 1. The van der Waals surface area contributed by atoms with Crippen molar-refractivity contribution in [2.24, 2.45) is 0 Å². The van der Waals surface area contributed by atoms with Crippen LogP contribution in [0.2, 0.25) is 0 Å². The van der Waals surface area contributed by atoms with Crippen LogP contribution in [0, 0.1) is 0 Å². The molecule has 4 nitrogen and oxygen atoms in total. The van der Waals surface area contributed by atoms with Gasteiger partial charge in [-0.05, 0) is 12.5 Å². The van der Waals surface area contributed by atoms with E-state index in [9.17, 15) is 4.79 Å². The molecule has 2 aliphatic rings. The monoisotopic (exact) mass is 490 g/mol. The highest BCUT2D eigenvalue weighted by atomic mass is 127. The molecule has 0 radical (unpaired) electrons. The molecule has 1 unspecified atom stereocenters. The third-order valence-corrected chi connectivity index (χ3v) is 6.71. The summed E-state index contributed by atoms with van der Waals surface area (Å²) in [6.45, 7) is 6.05. The van der Waals surface area contributed by atoms with E-state index in [0.717, 1.165) is 60.6 Å². The highest BCUT2D eigenvalue weighted by Crippen LogP contribution is 2.33. The zero-order chi connectivity index (χ0) is 17.9. The first-order valence-electron chi connectivity index (χ1n) is 9.33. The predicted octanol–water partition coefficient (Wildman–Crippen LogP) is -0.263. The number of thioether (sulfide) groups is 1. The van der Waals surface area contributed by atoms with Crippen LogP contribution in [-0.4, -0.2) is 73.2 Å². The number of quaternary nitrogens is 1. The van der Waals surface area contributed by atoms with E-state index in [2.05, 4.69) is 31.1 Å². The summed E-state index contributed by atoms with van der Waals surface area (Å²) in [5, 5.41) is 0. The maximum atomic E-state index is 13.3. The third-order valence-electron chi connectivity index (χ3n) is 5.76. The number of rotatable bonds is 4. The van der Waals surface area contributed by atoms with Crippen molar-refractivity contribution in [3.8, 4) is 0 Å². The second-order valence-corrected chi connectivity index (χ2v) is 9.25. The van der Waals surface area contributed by atoms with Crippen molar-refractivity contribution in [2.45, 2.75) is 31.4 Å². The number of ether oxygens (including phenoxy) is 1. The fourth-order valence-corrected chi connectivity index (χ4v) is 4.73. The van der Waals surface area contributed by atoms with Crippen LogP contribution in [0.3, 0.4) is 0 Å². The molecule has 2 heterocycles. The molecule has 0 saturated carbocycles. The van der Waals surface area contributed by atoms with Gasteiger partial charge in [-0.1, -0.05) is 30.3 Å². The molecule has 0 aliphatic carbocycles. The minimum absolute atomic E-state index is 0. The smallest absolute Gasteiger partial charge is 0.331 e. The molecule has 1 atom stereocenters. The zero-order valence-electron chi connectivity index (χ0n) is 16.1. The predicted molar refractivity (Wildman–Crippen MR) is 104 cm³/mol. The van der Waals surface area contributed by atoms with Crippen molar-refractivity contribution in [3.05, 3.63) is 35.9 Å². The summed E-state index contributed by atoms with van der Waals surface area (Å²) in [4.78, 5) is 15.6. The van der Waals surface area contributed by atoms with Crippen molar-refractivity contribution in [3.63, 3.8) is 0 Å². The van der Waals surface area contributed by atoms with Gasteiger partial charge in [-0.15, -0.1) is 0 Å². The summed E-state index contributed by atoms with van der Waals surface area (Å²) in [5.74, 6) is 2.07. The van der Waals surface area contributed by atoms with Gasteiger partial charge in [-0.3, -0.25) is 4.90 Å². The van der Waals surface area contributed by atoms with E-state index in [0.29, 0.717) is 0 Å². The molecule has 2 saturated heterocycles. The topological polar surface area (TPSA) is 29.5 Å². The number of halogens is 1. The lowest BCUT2D eigenvalue weighted by Gasteiger charge is -2.43. The second kappa shape index (κ2) is 9.26. The number of nitrogens with zero attached hydrogens (tertiary/aromatic N) is 2. The average molecular weight is 490 g/mol. The molecule has 0 spiro atoms. The van der Waals surface area contributed by atoms with Gasteiger partial charge in [-0.2, -0.15) is 11.8 Å². The molecule has 1 aromatic rings. The van der Waals surface area contributed by atoms with Crippen molar-refractivity contribution < 1.29 is 38.0 Å². The second-order valence-electron chi connectivity index (χ2n) is 8.03. The van der Waals surface area contributed by atoms with Crippen LogP contribution in [0.25, 0.3) is 0 Å².